The van der Waals surface area contributed by atoms with Crippen LogP contribution in [0.1, 0.15) is 16.1 Å². The lowest BCUT2D eigenvalue weighted by Gasteiger charge is -2.34. The zero-order chi connectivity index (χ0) is 22.2. The number of amides is 1. The number of hydrogen-bond acceptors (Lipinski definition) is 5. The van der Waals surface area contributed by atoms with Gasteiger partial charge in [0.1, 0.15) is 15.6 Å². The Bertz CT molecular complexity index is 1200. The maximum atomic E-state index is 13.0. The van der Waals surface area contributed by atoms with Crippen molar-refractivity contribution in [3.8, 4) is 10.6 Å². The summed E-state index contributed by atoms with van der Waals surface area (Å²) in [5.41, 5.74) is 2.48. The Kier molecular flexibility index (Phi) is 6.37. The first-order chi connectivity index (χ1) is 14.8. The predicted octanol–water partition coefficient (Wildman–Crippen LogP) is 4.57. The molecule has 0 unspecified atom stereocenters. The van der Waals surface area contributed by atoms with Crippen LogP contribution in [0.5, 0.6) is 0 Å². The predicted molar refractivity (Wildman–Crippen MR) is 123 cm³/mol. The number of nitrogens with zero attached hydrogens (tertiary/aromatic N) is 3. The summed E-state index contributed by atoms with van der Waals surface area (Å²) >= 11 is 13.6. The lowest BCUT2D eigenvalue weighted by atomic mass is 10.2. The van der Waals surface area contributed by atoms with Crippen LogP contribution >= 0.6 is 34.5 Å². The summed E-state index contributed by atoms with van der Waals surface area (Å²) in [4.78, 5) is 18.9. The Morgan fingerprint density at radius 3 is 2.23 bits per heavy atom. The van der Waals surface area contributed by atoms with Gasteiger partial charge in [0.05, 0.1) is 10.0 Å². The van der Waals surface area contributed by atoms with E-state index in [-0.39, 0.29) is 47.0 Å². The van der Waals surface area contributed by atoms with Crippen molar-refractivity contribution in [2.75, 3.05) is 26.2 Å². The fourth-order valence-corrected chi connectivity index (χ4v) is 6.67. The molecule has 1 saturated heterocycles. The molecule has 3 aromatic rings. The van der Waals surface area contributed by atoms with Crippen LogP contribution in [0.3, 0.4) is 0 Å². The molecule has 0 spiro atoms. The largest absolute Gasteiger partial charge is 0.335 e. The van der Waals surface area contributed by atoms with Crippen molar-refractivity contribution in [1.29, 1.82) is 0 Å². The maximum Gasteiger partial charge on any atom is 0.273 e. The average molecular weight is 496 g/mol. The molecule has 0 N–H and O–H groups in total. The van der Waals surface area contributed by atoms with E-state index in [9.17, 15) is 13.2 Å². The van der Waals surface area contributed by atoms with E-state index in [0.717, 1.165) is 16.1 Å². The highest BCUT2D eigenvalue weighted by Crippen LogP contribution is 2.32. The van der Waals surface area contributed by atoms with Crippen molar-refractivity contribution in [1.82, 2.24) is 14.2 Å². The van der Waals surface area contributed by atoms with Gasteiger partial charge in [0.2, 0.25) is 10.0 Å². The number of piperazine rings is 1. The van der Waals surface area contributed by atoms with Crippen LogP contribution in [0.4, 0.5) is 0 Å². The summed E-state index contributed by atoms with van der Waals surface area (Å²) in [5, 5.41) is 2.68. The first-order valence-electron chi connectivity index (χ1n) is 9.53. The third kappa shape index (κ3) is 4.49. The molecule has 2 heterocycles. The second kappa shape index (κ2) is 8.88. The van der Waals surface area contributed by atoms with Gasteiger partial charge < -0.3 is 4.90 Å². The third-order valence-corrected chi connectivity index (χ3v) is 8.81. The van der Waals surface area contributed by atoms with Gasteiger partial charge in [0, 0.05) is 37.1 Å². The highest BCUT2D eigenvalue weighted by atomic mass is 35.5. The molecule has 10 heteroatoms. The lowest BCUT2D eigenvalue weighted by molar-refractivity contribution is 0.0693. The number of rotatable bonds is 4. The van der Waals surface area contributed by atoms with Crippen molar-refractivity contribution in [2.24, 2.45) is 0 Å². The standard InChI is InChI=1S/C21H19Cl2N3O3S2/c1-14-5-7-15(8-6-14)20-24-18(13-30-20)21(27)25-9-11-26(12-10-25)31(28,29)19-16(22)3-2-4-17(19)23/h2-8,13H,9-12H2,1H3. The summed E-state index contributed by atoms with van der Waals surface area (Å²) in [6.45, 7) is 2.85. The molecule has 0 bridgehead atoms. The van der Waals surface area contributed by atoms with Crippen LogP contribution in [-0.4, -0.2) is 54.7 Å². The Balaban J connectivity index is 1.45. The van der Waals surface area contributed by atoms with E-state index in [1.807, 2.05) is 31.2 Å². The number of aryl methyl sites for hydroxylation is 1. The third-order valence-electron chi connectivity index (χ3n) is 5.06. The van der Waals surface area contributed by atoms with Gasteiger partial charge in [-0.15, -0.1) is 11.3 Å². The molecule has 31 heavy (non-hydrogen) atoms. The molecule has 1 aliphatic heterocycles. The zero-order valence-electron chi connectivity index (χ0n) is 16.6. The Morgan fingerprint density at radius 1 is 1.00 bits per heavy atom. The zero-order valence-corrected chi connectivity index (χ0v) is 19.7. The summed E-state index contributed by atoms with van der Waals surface area (Å²) in [5.74, 6) is -0.206. The number of carbonyl (C=O) groups is 1. The topological polar surface area (TPSA) is 70.6 Å². The van der Waals surface area contributed by atoms with Crippen LogP contribution in [0.15, 0.2) is 52.7 Å². The summed E-state index contributed by atoms with van der Waals surface area (Å²) in [7, 11) is -3.85. The first-order valence-corrected chi connectivity index (χ1v) is 12.6. The van der Waals surface area contributed by atoms with Gasteiger partial charge >= 0.3 is 0 Å². The second-order valence-electron chi connectivity index (χ2n) is 7.15. The number of benzene rings is 2. The van der Waals surface area contributed by atoms with E-state index in [0.29, 0.717) is 5.69 Å². The van der Waals surface area contributed by atoms with E-state index in [1.165, 1.54) is 27.8 Å². The van der Waals surface area contributed by atoms with Gasteiger partial charge in [-0.2, -0.15) is 4.31 Å². The van der Waals surface area contributed by atoms with E-state index < -0.39 is 10.0 Å². The van der Waals surface area contributed by atoms with Gasteiger partial charge in [-0.05, 0) is 19.1 Å². The van der Waals surface area contributed by atoms with Crippen molar-refractivity contribution < 1.29 is 13.2 Å². The highest BCUT2D eigenvalue weighted by Gasteiger charge is 2.33. The minimum atomic E-state index is -3.85. The quantitative estimate of drug-likeness (QED) is 0.531. The molecule has 0 aliphatic carbocycles. The molecule has 1 aliphatic rings. The smallest absolute Gasteiger partial charge is 0.273 e. The van der Waals surface area contributed by atoms with Crippen molar-refractivity contribution in [2.45, 2.75) is 11.8 Å². The number of sulfonamides is 1. The normalized spacial score (nSPS) is 15.3. The van der Waals surface area contributed by atoms with Crippen LogP contribution in [0.25, 0.3) is 10.6 Å². The Morgan fingerprint density at radius 2 is 1.61 bits per heavy atom. The first kappa shape index (κ1) is 22.2. The van der Waals surface area contributed by atoms with Gasteiger partial charge in [-0.25, -0.2) is 13.4 Å². The van der Waals surface area contributed by atoms with Crippen LogP contribution < -0.4 is 0 Å². The summed E-state index contributed by atoms with van der Waals surface area (Å²) < 4.78 is 27.3. The molecular formula is C21H19Cl2N3O3S2. The van der Waals surface area contributed by atoms with Gasteiger partial charge in [0.25, 0.3) is 5.91 Å². The van der Waals surface area contributed by atoms with Crippen molar-refractivity contribution >= 4 is 50.5 Å². The fraction of sp³-hybridized carbons (Fsp3) is 0.238. The van der Waals surface area contributed by atoms with Crippen molar-refractivity contribution in [3.05, 3.63) is 69.1 Å². The van der Waals surface area contributed by atoms with E-state index in [4.69, 9.17) is 23.2 Å². The minimum absolute atomic E-state index is 0.0807. The molecule has 1 aromatic heterocycles. The number of aromatic nitrogens is 1. The molecule has 0 radical (unpaired) electrons. The van der Waals surface area contributed by atoms with Crippen LogP contribution in [0.2, 0.25) is 10.0 Å². The van der Waals surface area contributed by atoms with Gasteiger partial charge in [-0.1, -0.05) is 59.1 Å². The molecule has 1 amide bonds. The minimum Gasteiger partial charge on any atom is -0.335 e. The number of carbonyl (C=O) groups excluding carboxylic acids is 1. The SMILES string of the molecule is Cc1ccc(-c2nc(C(=O)N3CCN(S(=O)(=O)c4c(Cl)cccc4Cl)CC3)cs2)cc1. The fourth-order valence-electron chi connectivity index (χ4n) is 3.35. The van der Waals surface area contributed by atoms with Gasteiger partial charge in [-0.3, -0.25) is 4.79 Å². The van der Waals surface area contributed by atoms with E-state index in [1.54, 1.807) is 16.3 Å². The molecule has 1 fully saturated rings. The maximum absolute atomic E-state index is 13.0. The summed E-state index contributed by atoms with van der Waals surface area (Å²) in [6.07, 6.45) is 0. The number of hydrogen-bond donors (Lipinski definition) is 0. The Labute approximate surface area is 195 Å². The average Bonchev–Trinajstić information content (AvgIpc) is 3.24. The monoisotopic (exact) mass is 495 g/mol. The van der Waals surface area contributed by atoms with E-state index >= 15 is 0 Å². The molecule has 2 aromatic carbocycles. The van der Waals surface area contributed by atoms with Gasteiger partial charge in [0.15, 0.2) is 0 Å². The highest BCUT2D eigenvalue weighted by molar-refractivity contribution is 7.89. The Hall–Kier alpha value is -1.97. The molecule has 4 rings (SSSR count). The second-order valence-corrected chi connectivity index (χ2v) is 10.7. The molecule has 0 atom stereocenters. The van der Waals surface area contributed by atoms with Crippen LogP contribution in [0, 0.1) is 6.92 Å². The molecule has 6 nitrogen and oxygen atoms in total. The number of halogens is 2. The van der Waals surface area contributed by atoms with Crippen LogP contribution in [-0.2, 0) is 10.0 Å². The van der Waals surface area contributed by atoms with Crippen molar-refractivity contribution in [3.63, 3.8) is 0 Å². The molecule has 162 valence electrons. The molecule has 0 saturated carbocycles. The molecular weight excluding hydrogens is 477 g/mol. The van der Waals surface area contributed by atoms with E-state index in [2.05, 4.69) is 4.98 Å². The lowest BCUT2D eigenvalue weighted by Crippen LogP contribution is -2.50. The summed E-state index contributed by atoms with van der Waals surface area (Å²) in [6, 6.07) is 12.5. The number of thiazole rings is 1.